The van der Waals surface area contributed by atoms with E-state index in [0.29, 0.717) is 5.56 Å². The van der Waals surface area contributed by atoms with Crippen LogP contribution in [0.5, 0.6) is 0 Å². The molecule has 3 nitrogen and oxygen atoms in total. The van der Waals surface area contributed by atoms with Crippen molar-refractivity contribution >= 4 is 23.9 Å². The number of halogens is 1. The quantitative estimate of drug-likeness (QED) is 0.522. The second-order valence-electron chi connectivity index (χ2n) is 4.42. The molecule has 0 saturated carbocycles. The molecule has 0 unspecified atom stereocenters. The van der Waals surface area contributed by atoms with E-state index in [1.165, 1.54) is 29.6 Å². The molecule has 2 aromatic carbocycles. The number of carbonyl (C=O) groups is 1. The Hall–Kier alpha value is -2.14. The summed E-state index contributed by atoms with van der Waals surface area (Å²) in [5, 5.41) is 3.75. The fraction of sp³-hybridized carbons (Fsp3) is 0.125. The van der Waals surface area contributed by atoms with Crippen LogP contribution in [0.4, 0.5) is 4.39 Å². The number of hydrazone groups is 1. The average Bonchev–Trinajstić information content (AvgIpc) is 2.49. The first-order chi connectivity index (χ1) is 10.1. The molecule has 0 aliphatic rings. The third-order valence-corrected chi connectivity index (χ3v) is 3.70. The summed E-state index contributed by atoms with van der Waals surface area (Å²) in [6.45, 7) is 2.01. The van der Waals surface area contributed by atoms with Crippen molar-refractivity contribution in [3.05, 3.63) is 65.5 Å². The Kier molecular flexibility index (Phi) is 5.51. The molecule has 0 atom stereocenters. The van der Waals surface area contributed by atoms with Crippen molar-refractivity contribution in [1.82, 2.24) is 5.43 Å². The van der Waals surface area contributed by atoms with Crippen LogP contribution in [0.2, 0.25) is 0 Å². The van der Waals surface area contributed by atoms with Crippen LogP contribution in [-0.2, 0) is 4.79 Å². The van der Waals surface area contributed by atoms with Gasteiger partial charge in [-0.25, -0.2) is 9.82 Å². The third-order valence-electron chi connectivity index (χ3n) is 2.69. The standard InChI is InChI=1S/C16H15FN2OS/c1-12-6-8-14(9-7-12)21-11-16(20)19-18-10-13-4-2-3-5-15(13)17/h2-10H,11H2,1H3,(H,19,20)/b18-10+. The van der Waals surface area contributed by atoms with Crippen molar-refractivity contribution in [3.63, 3.8) is 0 Å². The molecule has 108 valence electrons. The minimum atomic E-state index is -0.371. The average molecular weight is 302 g/mol. The van der Waals surface area contributed by atoms with Gasteiger partial charge in [-0.1, -0.05) is 35.9 Å². The van der Waals surface area contributed by atoms with Crippen molar-refractivity contribution in [2.75, 3.05) is 5.75 Å². The van der Waals surface area contributed by atoms with Crippen LogP contribution in [0, 0.1) is 12.7 Å². The summed E-state index contributed by atoms with van der Waals surface area (Å²) in [7, 11) is 0. The molecule has 2 aromatic rings. The molecule has 0 heterocycles. The molecule has 1 amide bonds. The van der Waals surface area contributed by atoms with Crippen LogP contribution in [0.1, 0.15) is 11.1 Å². The highest BCUT2D eigenvalue weighted by molar-refractivity contribution is 8.00. The molecule has 2 rings (SSSR count). The van der Waals surface area contributed by atoms with Gasteiger partial charge in [0.05, 0.1) is 12.0 Å². The Balaban J connectivity index is 1.80. The highest BCUT2D eigenvalue weighted by Gasteiger charge is 2.02. The van der Waals surface area contributed by atoms with E-state index in [-0.39, 0.29) is 17.5 Å². The Morgan fingerprint density at radius 3 is 2.67 bits per heavy atom. The second-order valence-corrected chi connectivity index (χ2v) is 5.47. The van der Waals surface area contributed by atoms with E-state index in [1.54, 1.807) is 18.2 Å². The summed E-state index contributed by atoms with van der Waals surface area (Å²) >= 11 is 1.43. The number of nitrogens with one attached hydrogen (secondary N) is 1. The van der Waals surface area contributed by atoms with Gasteiger partial charge in [0.15, 0.2) is 0 Å². The van der Waals surface area contributed by atoms with Crippen LogP contribution in [0.15, 0.2) is 58.5 Å². The Morgan fingerprint density at radius 2 is 1.95 bits per heavy atom. The summed E-state index contributed by atoms with van der Waals surface area (Å²) in [6, 6.07) is 14.2. The number of nitrogens with zero attached hydrogens (tertiary/aromatic N) is 1. The zero-order chi connectivity index (χ0) is 15.1. The summed E-state index contributed by atoms with van der Waals surface area (Å²) in [4.78, 5) is 12.6. The van der Waals surface area contributed by atoms with Crippen LogP contribution in [-0.4, -0.2) is 17.9 Å². The number of hydrogen-bond acceptors (Lipinski definition) is 3. The first-order valence-electron chi connectivity index (χ1n) is 6.41. The molecule has 0 saturated heterocycles. The number of amides is 1. The Bertz CT molecular complexity index is 641. The highest BCUT2D eigenvalue weighted by Crippen LogP contribution is 2.17. The number of hydrogen-bond donors (Lipinski definition) is 1. The maximum Gasteiger partial charge on any atom is 0.250 e. The first-order valence-corrected chi connectivity index (χ1v) is 7.39. The van der Waals surface area contributed by atoms with Crippen molar-refractivity contribution in [2.24, 2.45) is 5.10 Å². The van der Waals surface area contributed by atoms with Crippen molar-refractivity contribution in [2.45, 2.75) is 11.8 Å². The van der Waals surface area contributed by atoms with Gasteiger partial charge in [-0.2, -0.15) is 5.10 Å². The SMILES string of the molecule is Cc1ccc(SCC(=O)N/N=C/c2ccccc2F)cc1. The van der Waals surface area contributed by atoms with Gasteiger partial charge in [-0.05, 0) is 25.1 Å². The molecule has 0 spiro atoms. The molecular weight excluding hydrogens is 287 g/mol. The normalized spacial score (nSPS) is 10.8. The molecule has 0 aliphatic heterocycles. The van der Waals surface area contributed by atoms with E-state index >= 15 is 0 Å². The molecular formula is C16H15FN2OS. The molecule has 0 fully saturated rings. The van der Waals surface area contributed by atoms with Gasteiger partial charge in [-0.3, -0.25) is 4.79 Å². The van der Waals surface area contributed by atoms with Gasteiger partial charge >= 0.3 is 0 Å². The predicted octanol–water partition coefficient (Wildman–Crippen LogP) is 3.38. The van der Waals surface area contributed by atoms with E-state index in [0.717, 1.165) is 4.90 Å². The summed E-state index contributed by atoms with van der Waals surface area (Å²) in [5.74, 6) is -0.338. The Morgan fingerprint density at radius 1 is 1.24 bits per heavy atom. The van der Waals surface area contributed by atoms with E-state index in [1.807, 2.05) is 31.2 Å². The summed E-state index contributed by atoms with van der Waals surface area (Å²) < 4.78 is 13.3. The lowest BCUT2D eigenvalue weighted by Crippen LogP contribution is -2.19. The molecule has 0 radical (unpaired) electrons. The van der Waals surface area contributed by atoms with Gasteiger partial charge in [0, 0.05) is 10.5 Å². The topological polar surface area (TPSA) is 41.5 Å². The fourth-order valence-corrected chi connectivity index (χ4v) is 2.26. The summed E-state index contributed by atoms with van der Waals surface area (Å²) in [5.41, 5.74) is 3.90. The summed E-state index contributed by atoms with van der Waals surface area (Å²) in [6.07, 6.45) is 1.30. The molecule has 21 heavy (non-hydrogen) atoms. The molecule has 0 bridgehead atoms. The lowest BCUT2D eigenvalue weighted by molar-refractivity contribution is -0.118. The minimum absolute atomic E-state index is 0.229. The van der Waals surface area contributed by atoms with E-state index in [2.05, 4.69) is 10.5 Å². The smallest absolute Gasteiger partial charge is 0.250 e. The zero-order valence-electron chi connectivity index (χ0n) is 11.5. The third kappa shape index (κ3) is 5.04. The van der Waals surface area contributed by atoms with Crippen LogP contribution < -0.4 is 5.43 Å². The van der Waals surface area contributed by atoms with Gasteiger partial charge in [-0.15, -0.1) is 11.8 Å². The van der Waals surface area contributed by atoms with E-state index in [9.17, 15) is 9.18 Å². The lowest BCUT2D eigenvalue weighted by Gasteiger charge is -2.01. The minimum Gasteiger partial charge on any atom is -0.272 e. The van der Waals surface area contributed by atoms with Crippen molar-refractivity contribution in [3.8, 4) is 0 Å². The fourth-order valence-electron chi connectivity index (χ4n) is 1.57. The van der Waals surface area contributed by atoms with Crippen LogP contribution in [0.25, 0.3) is 0 Å². The van der Waals surface area contributed by atoms with Gasteiger partial charge in [0.1, 0.15) is 5.82 Å². The maximum absolute atomic E-state index is 13.3. The van der Waals surface area contributed by atoms with Gasteiger partial charge in [0.25, 0.3) is 0 Å². The molecule has 0 aromatic heterocycles. The second kappa shape index (κ2) is 7.59. The first kappa shape index (κ1) is 15.3. The highest BCUT2D eigenvalue weighted by atomic mass is 32.2. The van der Waals surface area contributed by atoms with E-state index < -0.39 is 0 Å². The molecule has 1 N–H and O–H groups in total. The molecule has 5 heteroatoms. The van der Waals surface area contributed by atoms with Crippen molar-refractivity contribution < 1.29 is 9.18 Å². The van der Waals surface area contributed by atoms with Gasteiger partial charge in [0.2, 0.25) is 5.91 Å². The largest absolute Gasteiger partial charge is 0.272 e. The number of benzene rings is 2. The van der Waals surface area contributed by atoms with E-state index in [4.69, 9.17) is 0 Å². The number of rotatable bonds is 5. The molecule has 0 aliphatic carbocycles. The predicted molar refractivity (Wildman–Crippen MR) is 84.0 cm³/mol. The van der Waals surface area contributed by atoms with Crippen molar-refractivity contribution in [1.29, 1.82) is 0 Å². The number of carbonyl (C=O) groups excluding carboxylic acids is 1. The maximum atomic E-state index is 13.3. The van der Waals surface area contributed by atoms with Gasteiger partial charge < -0.3 is 0 Å². The Labute approximate surface area is 127 Å². The zero-order valence-corrected chi connectivity index (χ0v) is 12.4. The lowest BCUT2D eigenvalue weighted by atomic mass is 10.2. The monoisotopic (exact) mass is 302 g/mol. The van der Waals surface area contributed by atoms with Crippen LogP contribution in [0.3, 0.4) is 0 Å². The number of aryl methyl sites for hydroxylation is 1. The number of thioether (sulfide) groups is 1. The van der Waals surface area contributed by atoms with Crippen LogP contribution >= 0.6 is 11.8 Å².